The third-order valence-electron chi connectivity index (χ3n) is 7.12. The lowest BCUT2D eigenvalue weighted by Gasteiger charge is -2.32. The summed E-state index contributed by atoms with van der Waals surface area (Å²) in [5.41, 5.74) is 0.973. The second-order valence-electron chi connectivity index (χ2n) is 9.59. The number of rotatable bonds is 5. The van der Waals surface area contributed by atoms with Crippen LogP contribution in [0.3, 0.4) is 0 Å². The van der Waals surface area contributed by atoms with Gasteiger partial charge in [-0.2, -0.15) is 0 Å². The van der Waals surface area contributed by atoms with Crippen molar-refractivity contribution < 1.29 is 9.59 Å². The quantitative estimate of drug-likeness (QED) is 0.742. The Morgan fingerprint density at radius 1 is 1.10 bits per heavy atom. The summed E-state index contributed by atoms with van der Waals surface area (Å²) >= 11 is 0. The van der Waals surface area contributed by atoms with E-state index in [4.69, 9.17) is 9.97 Å². The first-order valence-corrected chi connectivity index (χ1v) is 11.5. The molecule has 3 aliphatic rings. The van der Waals surface area contributed by atoms with Crippen LogP contribution in [0.15, 0.2) is 6.07 Å². The van der Waals surface area contributed by atoms with Crippen molar-refractivity contribution in [3.05, 3.63) is 17.6 Å². The molecule has 164 valence electrons. The summed E-state index contributed by atoms with van der Waals surface area (Å²) in [6, 6.07) is 2.03. The number of hydrogen-bond acceptors (Lipinski definition) is 5. The summed E-state index contributed by atoms with van der Waals surface area (Å²) in [5, 5.41) is 0. The van der Waals surface area contributed by atoms with Crippen molar-refractivity contribution in [2.75, 3.05) is 45.7 Å². The Hall–Kier alpha value is -2.18. The zero-order valence-electron chi connectivity index (χ0n) is 18.6. The topological polar surface area (TPSA) is 69.6 Å². The molecule has 3 fully saturated rings. The fourth-order valence-corrected chi connectivity index (χ4v) is 5.13. The Morgan fingerprint density at radius 3 is 2.40 bits per heavy atom. The van der Waals surface area contributed by atoms with E-state index in [0.717, 1.165) is 56.2 Å². The second kappa shape index (κ2) is 8.90. The van der Waals surface area contributed by atoms with E-state index in [1.807, 2.05) is 32.1 Å². The minimum Gasteiger partial charge on any atom is -0.363 e. The summed E-state index contributed by atoms with van der Waals surface area (Å²) in [7, 11) is 5.84. The van der Waals surface area contributed by atoms with E-state index >= 15 is 0 Å². The largest absolute Gasteiger partial charge is 0.363 e. The molecule has 3 heterocycles. The molecule has 1 aliphatic carbocycles. The lowest BCUT2D eigenvalue weighted by molar-refractivity contribution is -0.133. The van der Waals surface area contributed by atoms with Crippen LogP contribution in [0.25, 0.3) is 0 Å². The van der Waals surface area contributed by atoms with E-state index in [-0.39, 0.29) is 17.7 Å². The first kappa shape index (κ1) is 21.1. The van der Waals surface area contributed by atoms with Gasteiger partial charge in [0.1, 0.15) is 11.6 Å². The van der Waals surface area contributed by atoms with E-state index in [9.17, 15) is 9.59 Å². The molecule has 0 unspecified atom stereocenters. The van der Waals surface area contributed by atoms with Crippen LogP contribution in [-0.4, -0.2) is 72.4 Å². The smallest absolute Gasteiger partial charge is 0.223 e. The number of likely N-dealkylation sites (N-methyl/N-ethyl adjacent to an activating group) is 1. The summed E-state index contributed by atoms with van der Waals surface area (Å²) in [4.78, 5) is 40.3. The lowest BCUT2D eigenvalue weighted by atomic mass is 9.94. The monoisotopic (exact) mass is 413 g/mol. The molecule has 2 amide bonds. The number of likely N-dealkylation sites (tertiary alicyclic amines) is 2. The van der Waals surface area contributed by atoms with Gasteiger partial charge in [-0.15, -0.1) is 0 Å². The molecular weight excluding hydrogens is 378 g/mol. The van der Waals surface area contributed by atoms with Crippen molar-refractivity contribution in [3.8, 4) is 0 Å². The van der Waals surface area contributed by atoms with Crippen molar-refractivity contribution in [3.63, 3.8) is 0 Å². The van der Waals surface area contributed by atoms with Crippen molar-refractivity contribution in [2.45, 2.75) is 63.2 Å². The van der Waals surface area contributed by atoms with Crippen molar-refractivity contribution in [1.82, 2.24) is 19.8 Å². The van der Waals surface area contributed by atoms with Crippen LogP contribution in [0.4, 0.5) is 5.82 Å². The molecule has 1 saturated carbocycles. The Balaban J connectivity index is 1.43. The number of piperidine rings is 1. The van der Waals surface area contributed by atoms with Gasteiger partial charge >= 0.3 is 0 Å². The maximum Gasteiger partial charge on any atom is 0.223 e. The standard InChI is InChI=1S/C23H35N5O2/c1-26(2)20-14-19(18-13-21(29)27(3)15-18)24-23(25-20)17-8-10-28(11-9-17)22(30)12-16-6-4-5-7-16/h14,16-18H,4-13,15H2,1-3H3/t18-/m1/s1. The van der Waals surface area contributed by atoms with E-state index in [2.05, 4.69) is 4.90 Å². The molecular formula is C23H35N5O2. The molecule has 1 atom stereocenters. The van der Waals surface area contributed by atoms with Crippen LogP contribution in [0, 0.1) is 5.92 Å². The number of carbonyl (C=O) groups is 2. The highest BCUT2D eigenvalue weighted by Crippen LogP contribution is 2.33. The fraction of sp³-hybridized carbons (Fsp3) is 0.739. The molecule has 0 N–H and O–H groups in total. The predicted molar refractivity (Wildman–Crippen MR) is 116 cm³/mol. The van der Waals surface area contributed by atoms with E-state index in [1.54, 1.807) is 4.90 Å². The van der Waals surface area contributed by atoms with Gasteiger partial charge in [-0.05, 0) is 31.6 Å². The van der Waals surface area contributed by atoms with Gasteiger partial charge in [0.25, 0.3) is 0 Å². The number of aromatic nitrogens is 2. The van der Waals surface area contributed by atoms with Gasteiger partial charge in [0, 0.05) is 71.5 Å². The van der Waals surface area contributed by atoms with Gasteiger partial charge in [-0.1, -0.05) is 12.8 Å². The zero-order chi connectivity index (χ0) is 21.3. The van der Waals surface area contributed by atoms with Crippen LogP contribution in [0.5, 0.6) is 0 Å². The second-order valence-corrected chi connectivity index (χ2v) is 9.59. The molecule has 7 nitrogen and oxygen atoms in total. The van der Waals surface area contributed by atoms with Gasteiger partial charge in [0.2, 0.25) is 11.8 Å². The van der Waals surface area contributed by atoms with Crippen molar-refractivity contribution in [2.24, 2.45) is 5.92 Å². The average molecular weight is 414 g/mol. The third-order valence-corrected chi connectivity index (χ3v) is 7.12. The predicted octanol–water partition coefficient (Wildman–Crippen LogP) is 2.77. The lowest BCUT2D eigenvalue weighted by Crippen LogP contribution is -2.39. The summed E-state index contributed by atoms with van der Waals surface area (Å²) in [6.45, 7) is 2.31. The van der Waals surface area contributed by atoms with Crippen LogP contribution < -0.4 is 4.90 Å². The zero-order valence-corrected chi connectivity index (χ0v) is 18.6. The minimum atomic E-state index is 0.135. The highest BCUT2D eigenvalue weighted by molar-refractivity contribution is 5.79. The number of carbonyl (C=O) groups excluding carboxylic acids is 2. The van der Waals surface area contributed by atoms with Gasteiger partial charge in [0.05, 0.1) is 5.69 Å². The summed E-state index contributed by atoms with van der Waals surface area (Å²) in [5.74, 6) is 3.30. The minimum absolute atomic E-state index is 0.135. The van der Waals surface area contributed by atoms with Gasteiger partial charge in [0.15, 0.2) is 0 Å². The fourth-order valence-electron chi connectivity index (χ4n) is 5.13. The molecule has 0 bridgehead atoms. The van der Waals surface area contributed by atoms with E-state index < -0.39 is 0 Å². The molecule has 2 aliphatic heterocycles. The Morgan fingerprint density at radius 2 is 1.80 bits per heavy atom. The SMILES string of the molecule is CN1C[C@H](c2cc(N(C)C)nc(C3CCN(C(=O)CC4CCCC4)CC3)n2)CC1=O. The molecule has 4 rings (SSSR count). The highest BCUT2D eigenvalue weighted by atomic mass is 16.2. The Labute approximate surface area is 179 Å². The molecule has 1 aromatic heterocycles. The highest BCUT2D eigenvalue weighted by Gasteiger charge is 2.32. The van der Waals surface area contributed by atoms with Crippen LogP contribution in [-0.2, 0) is 9.59 Å². The molecule has 1 aromatic rings. The molecule has 7 heteroatoms. The molecule has 0 radical (unpaired) electrons. The number of hydrogen-bond donors (Lipinski definition) is 0. The molecule has 30 heavy (non-hydrogen) atoms. The van der Waals surface area contributed by atoms with Crippen LogP contribution >= 0.6 is 0 Å². The normalized spacial score (nSPS) is 23.4. The van der Waals surface area contributed by atoms with E-state index in [0.29, 0.717) is 18.2 Å². The molecule has 2 saturated heterocycles. The first-order chi connectivity index (χ1) is 14.4. The molecule has 0 spiro atoms. The summed E-state index contributed by atoms with van der Waals surface area (Å²) < 4.78 is 0. The Kier molecular flexibility index (Phi) is 6.25. The van der Waals surface area contributed by atoms with E-state index in [1.165, 1.54) is 25.7 Å². The Bertz CT molecular complexity index is 782. The van der Waals surface area contributed by atoms with Crippen molar-refractivity contribution >= 4 is 17.6 Å². The van der Waals surface area contributed by atoms with Gasteiger partial charge < -0.3 is 14.7 Å². The maximum atomic E-state index is 12.7. The first-order valence-electron chi connectivity index (χ1n) is 11.5. The summed E-state index contributed by atoms with van der Waals surface area (Å²) in [6.07, 6.45) is 8.07. The van der Waals surface area contributed by atoms with Crippen molar-refractivity contribution in [1.29, 1.82) is 0 Å². The number of anilines is 1. The molecule has 0 aromatic carbocycles. The maximum absolute atomic E-state index is 12.7. The number of nitrogens with zero attached hydrogens (tertiary/aromatic N) is 5. The van der Waals surface area contributed by atoms with Crippen LogP contribution in [0.2, 0.25) is 0 Å². The van der Waals surface area contributed by atoms with Gasteiger partial charge in [-0.25, -0.2) is 9.97 Å². The third kappa shape index (κ3) is 4.60. The van der Waals surface area contributed by atoms with Crippen LogP contribution in [0.1, 0.15) is 74.7 Å². The average Bonchev–Trinajstić information content (AvgIpc) is 3.37. The number of amides is 2. The van der Waals surface area contributed by atoms with Gasteiger partial charge in [-0.3, -0.25) is 9.59 Å².